The van der Waals surface area contributed by atoms with Gasteiger partial charge in [0.2, 0.25) is 0 Å². The fourth-order valence-corrected chi connectivity index (χ4v) is 1.78. The molecule has 0 aliphatic rings. The van der Waals surface area contributed by atoms with Gasteiger partial charge in [0.25, 0.3) is 0 Å². The summed E-state index contributed by atoms with van der Waals surface area (Å²) in [6, 6.07) is 4.58. The molecule has 0 unspecified atom stereocenters. The number of rotatable bonds is 9. The van der Waals surface area contributed by atoms with E-state index < -0.39 is 6.61 Å². The van der Waals surface area contributed by atoms with Gasteiger partial charge in [0.1, 0.15) is 5.75 Å². The van der Waals surface area contributed by atoms with E-state index in [1.165, 1.54) is 12.1 Å². The number of nitrogens with one attached hydrogen (secondary N) is 1. The van der Waals surface area contributed by atoms with Gasteiger partial charge in [0.15, 0.2) is 0 Å². The van der Waals surface area contributed by atoms with E-state index in [0.29, 0.717) is 42.8 Å². The first-order chi connectivity index (χ1) is 9.49. The summed E-state index contributed by atoms with van der Waals surface area (Å²) in [5.41, 5.74) is 0.599. The fourth-order valence-electron chi connectivity index (χ4n) is 1.58. The molecule has 20 heavy (non-hydrogen) atoms. The van der Waals surface area contributed by atoms with E-state index in [0.717, 1.165) is 0 Å². The lowest BCUT2D eigenvalue weighted by molar-refractivity contribution is -0.0505. The molecule has 0 fully saturated rings. The number of halogens is 3. The summed E-state index contributed by atoms with van der Waals surface area (Å²) in [5.74, 6) is 0.633. The highest BCUT2D eigenvalue weighted by Crippen LogP contribution is 2.24. The van der Waals surface area contributed by atoms with Gasteiger partial charge in [0, 0.05) is 30.3 Å². The van der Waals surface area contributed by atoms with Crippen molar-refractivity contribution in [1.29, 1.82) is 0 Å². The highest BCUT2D eigenvalue weighted by Gasteiger charge is 2.10. The first-order valence-corrected chi connectivity index (χ1v) is 6.88. The van der Waals surface area contributed by atoms with Crippen LogP contribution in [0.1, 0.15) is 19.4 Å². The quantitative estimate of drug-likeness (QED) is 0.706. The molecule has 1 aromatic rings. The fraction of sp³-hybridized carbons (Fsp3) is 0.571. The summed E-state index contributed by atoms with van der Waals surface area (Å²) in [7, 11) is 0. The van der Waals surface area contributed by atoms with Crippen molar-refractivity contribution in [2.24, 2.45) is 5.92 Å². The molecule has 6 heteroatoms. The molecular weight excluding hydrogens is 288 g/mol. The van der Waals surface area contributed by atoms with Crippen molar-refractivity contribution in [3.05, 3.63) is 28.8 Å². The van der Waals surface area contributed by atoms with Crippen LogP contribution in [0.4, 0.5) is 8.78 Å². The molecule has 0 heterocycles. The average Bonchev–Trinajstić information content (AvgIpc) is 2.35. The van der Waals surface area contributed by atoms with Crippen LogP contribution in [0.15, 0.2) is 18.2 Å². The minimum atomic E-state index is -2.84. The molecule has 0 spiro atoms. The van der Waals surface area contributed by atoms with Crippen LogP contribution in [0.2, 0.25) is 5.02 Å². The molecule has 114 valence electrons. The van der Waals surface area contributed by atoms with Gasteiger partial charge in [0.05, 0.1) is 6.61 Å². The minimum absolute atomic E-state index is 0.139. The van der Waals surface area contributed by atoms with E-state index in [-0.39, 0.29) is 5.75 Å². The summed E-state index contributed by atoms with van der Waals surface area (Å²) >= 11 is 5.86. The number of ether oxygens (including phenoxy) is 2. The molecule has 0 amide bonds. The zero-order chi connectivity index (χ0) is 15.0. The molecule has 0 aliphatic heterocycles. The molecule has 0 saturated carbocycles. The third kappa shape index (κ3) is 7.03. The second-order valence-electron chi connectivity index (χ2n) is 4.78. The minimum Gasteiger partial charge on any atom is -0.434 e. The van der Waals surface area contributed by atoms with Gasteiger partial charge in [-0.3, -0.25) is 0 Å². The zero-order valence-electron chi connectivity index (χ0n) is 11.7. The molecule has 0 atom stereocenters. The molecule has 1 N–H and O–H groups in total. The first kappa shape index (κ1) is 17.1. The Hall–Kier alpha value is -0.910. The molecule has 0 bridgehead atoms. The van der Waals surface area contributed by atoms with Gasteiger partial charge >= 0.3 is 6.61 Å². The Bertz CT molecular complexity index is 403. The van der Waals surface area contributed by atoms with Gasteiger partial charge in [-0.2, -0.15) is 8.78 Å². The molecule has 0 radical (unpaired) electrons. The maximum atomic E-state index is 12.3. The van der Waals surface area contributed by atoms with E-state index in [9.17, 15) is 8.78 Å². The average molecular weight is 308 g/mol. The van der Waals surface area contributed by atoms with Crippen LogP contribution >= 0.6 is 11.6 Å². The van der Waals surface area contributed by atoms with E-state index in [2.05, 4.69) is 23.9 Å². The molecule has 0 aliphatic carbocycles. The Morgan fingerprint density at radius 1 is 1.30 bits per heavy atom. The molecule has 1 rings (SSSR count). The largest absolute Gasteiger partial charge is 0.434 e. The number of alkyl halides is 2. The van der Waals surface area contributed by atoms with Crippen molar-refractivity contribution in [2.45, 2.75) is 27.0 Å². The smallest absolute Gasteiger partial charge is 0.387 e. The van der Waals surface area contributed by atoms with E-state index in [1.54, 1.807) is 6.07 Å². The predicted octanol–water partition coefficient (Wildman–Crippen LogP) is 3.70. The van der Waals surface area contributed by atoms with Gasteiger partial charge in [-0.05, 0) is 24.1 Å². The summed E-state index contributed by atoms with van der Waals surface area (Å²) < 4.78 is 34.4. The van der Waals surface area contributed by atoms with E-state index >= 15 is 0 Å². The first-order valence-electron chi connectivity index (χ1n) is 6.50. The van der Waals surface area contributed by atoms with Gasteiger partial charge < -0.3 is 14.8 Å². The molecule has 1 aromatic carbocycles. The van der Waals surface area contributed by atoms with Crippen molar-refractivity contribution < 1.29 is 18.3 Å². The molecule has 3 nitrogen and oxygen atoms in total. The van der Waals surface area contributed by atoms with Crippen molar-refractivity contribution in [3.8, 4) is 5.75 Å². The lowest BCUT2D eigenvalue weighted by atomic mass is 10.2. The summed E-state index contributed by atoms with van der Waals surface area (Å²) in [6.45, 7) is 3.62. The van der Waals surface area contributed by atoms with Gasteiger partial charge in [-0.25, -0.2) is 0 Å². The Morgan fingerprint density at radius 3 is 2.70 bits per heavy atom. The Labute approximate surface area is 123 Å². The lowest BCUT2D eigenvalue weighted by Crippen LogP contribution is -2.21. The zero-order valence-corrected chi connectivity index (χ0v) is 12.4. The van der Waals surface area contributed by atoms with Gasteiger partial charge in [-0.15, -0.1) is 0 Å². The highest BCUT2D eigenvalue weighted by atomic mass is 35.5. The SMILES string of the molecule is CC(C)COCCNCc1cc(Cl)ccc1OC(F)F. The molecule has 0 saturated heterocycles. The third-order valence-corrected chi connectivity index (χ3v) is 2.66. The van der Waals surface area contributed by atoms with Crippen molar-refractivity contribution in [2.75, 3.05) is 19.8 Å². The topological polar surface area (TPSA) is 30.5 Å². The summed E-state index contributed by atoms with van der Waals surface area (Å²) in [4.78, 5) is 0. The lowest BCUT2D eigenvalue weighted by Gasteiger charge is -2.12. The predicted molar refractivity (Wildman–Crippen MR) is 75.4 cm³/mol. The van der Waals surface area contributed by atoms with Crippen LogP contribution in [0.3, 0.4) is 0 Å². The second kappa shape index (κ2) is 9.10. The number of hydrogen-bond acceptors (Lipinski definition) is 3. The Balaban J connectivity index is 2.40. The summed E-state index contributed by atoms with van der Waals surface area (Å²) in [5, 5.41) is 3.59. The van der Waals surface area contributed by atoms with Gasteiger partial charge in [-0.1, -0.05) is 25.4 Å². The van der Waals surface area contributed by atoms with Crippen LogP contribution in [-0.4, -0.2) is 26.4 Å². The van der Waals surface area contributed by atoms with Crippen LogP contribution in [0.5, 0.6) is 5.75 Å². The maximum Gasteiger partial charge on any atom is 0.387 e. The van der Waals surface area contributed by atoms with Crippen LogP contribution in [0.25, 0.3) is 0 Å². The van der Waals surface area contributed by atoms with Crippen molar-refractivity contribution >= 4 is 11.6 Å². The monoisotopic (exact) mass is 307 g/mol. The third-order valence-electron chi connectivity index (χ3n) is 2.43. The standard InChI is InChI=1S/C14H20ClF2NO2/c1-10(2)9-19-6-5-18-8-11-7-12(15)3-4-13(11)20-14(16)17/h3-4,7,10,14,18H,5-6,8-9H2,1-2H3. The highest BCUT2D eigenvalue weighted by molar-refractivity contribution is 6.30. The van der Waals surface area contributed by atoms with Crippen molar-refractivity contribution in [1.82, 2.24) is 5.32 Å². The maximum absolute atomic E-state index is 12.3. The summed E-state index contributed by atoms with van der Waals surface area (Å²) in [6.07, 6.45) is 0. The normalized spacial score (nSPS) is 11.3. The van der Waals surface area contributed by atoms with Crippen LogP contribution in [-0.2, 0) is 11.3 Å². The number of benzene rings is 1. The second-order valence-corrected chi connectivity index (χ2v) is 5.21. The number of hydrogen-bond donors (Lipinski definition) is 1. The van der Waals surface area contributed by atoms with Crippen LogP contribution in [0, 0.1) is 5.92 Å². The molecular formula is C14H20ClF2NO2. The van der Waals surface area contributed by atoms with Crippen molar-refractivity contribution in [3.63, 3.8) is 0 Å². The Morgan fingerprint density at radius 2 is 2.05 bits per heavy atom. The Kier molecular flexibility index (Phi) is 7.80. The van der Waals surface area contributed by atoms with Crippen LogP contribution < -0.4 is 10.1 Å². The van der Waals surface area contributed by atoms with E-state index in [4.69, 9.17) is 16.3 Å². The van der Waals surface area contributed by atoms with E-state index in [1.807, 2.05) is 0 Å². The molecule has 0 aromatic heterocycles.